The summed E-state index contributed by atoms with van der Waals surface area (Å²) >= 11 is 1.48. The lowest BCUT2D eigenvalue weighted by molar-refractivity contribution is 0.0953. The molecular weight excluding hydrogens is 308 g/mol. The van der Waals surface area contributed by atoms with Crippen LogP contribution in [0.1, 0.15) is 22.5 Å². The summed E-state index contributed by atoms with van der Waals surface area (Å²) in [6.07, 6.45) is 3.76. The van der Waals surface area contributed by atoms with E-state index in [2.05, 4.69) is 0 Å². The van der Waals surface area contributed by atoms with Gasteiger partial charge in [0.05, 0.1) is 0 Å². The molecule has 0 atom stereocenters. The Hall–Kier alpha value is -1.59. The van der Waals surface area contributed by atoms with Crippen molar-refractivity contribution in [3.8, 4) is 0 Å². The maximum atomic E-state index is 12.6. The molecule has 0 aliphatic carbocycles. The highest BCUT2D eigenvalue weighted by Gasteiger charge is 2.26. The molecule has 6 heteroatoms. The lowest BCUT2D eigenvalue weighted by atomic mass is 9.99. The van der Waals surface area contributed by atoms with Gasteiger partial charge in [0, 0.05) is 17.9 Å². The number of carbonyl (C=O) groups is 1. The van der Waals surface area contributed by atoms with Crippen LogP contribution in [0.15, 0.2) is 39.8 Å². The van der Waals surface area contributed by atoms with Crippen LogP contribution in [-0.4, -0.2) is 18.7 Å². The van der Waals surface area contributed by atoms with Crippen molar-refractivity contribution < 1.29 is 9.21 Å². The molecule has 0 saturated heterocycles. The number of anilines is 2. The van der Waals surface area contributed by atoms with E-state index in [1.807, 2.05) is 30.5 Å². The summed E-state index contributed by atoms with van der Waals surface area (Å²) in [5.74, 6) is 0.279. The monoisotopic (exact) mass is 324 g/mol. The highest BCUT2D eigenvalue weighted by molar-refractivity contribution is 7.98. The summed E-state index contributed by atoms with van der Waals surface area (Å²) in [6, 6.07) is 9.26. The number of nitrogen functional groups attached to an aromatic ring is 1. The maximum Gasteiger partial charge on any atom is 0.294 e. The lowest BCUT2D eigenvalue weighted by Crippen LogP contribution is -2.35. The van der Waals surface area contributed by atoms with Crippen molar-refractivity contribution in [2.75, 3.05) is 23.4 Å². The Morgan fingerprint density at radius 1 is 1.33 bits per heavy atom. The molecule has 2 heterocycles. The first kappa shape index (κ1) is 15.8. The zero-order valence-electron chi connectivity index (χ0n) is 11.7. The van der Waals surface area contributed by atoms with E-state index in [1.165, 1.54) is 11.8 Å². The topological polar surface area (TPSA) is 59.5 Å². The van der Waals surface area contributed by atoms with Crippen molar-refractivity contribution >= 4 is 41.5 Å². The quantitative estimate of drug-likeness (QED) is 0.677. The molecule has 1 amide bonds. The Morgan fingerprint density at radius 3 is 2.86 bits per heavy atom. The fraction of sp³-hybridized carbons (Fsp3) is 0.267. The van der Waals surface area contributed by atoms with Gasteiger partial charge in [0.1, 0.15) is 0 Å². The molecular formula is C15H17ClN2O2S. The van der Waals surface area contributed by atoms with E-state index in [9.17, 15) is 4.79 Å². The number of furan rings is 1. The van der Waals surface area contributed by atoms with Crippen LogP contribution in [0.5, 0.6) is 0 Å². The van der Waals surface area contributed by atoms with Crippen molar-refractivity contribution in [2.45, 2.75) is 17.9 Å². The molecule has 112 valence electrons. The third kappa shape index (κ3) is 2.89. The summed E-state index contributed by atoms with van der Waals surface area (Å²) in [5.41, 5.74) is 8.72. The predicted molar refractivity (Wildman–Crippen MR) is 88.6 cm³/mol. The van der Waals surface area contributed by atoms with Gasteiger partial charge >= 0.3 is 0 Å². The van der Waals surface area contributed by atoms with Gasteiger partial charge in [0.2, 0.25) is 0 Å². The molecule has 21 heavy (non-hydrogen) atoms. The molecule has 0 unspecified atom stereocenters. The van der Waals surface area contributed by atoms with Crippen molar-refractivity contribution in [3.63, 3.8) is 0 Å². The zero-order chi connectivity index (χ0) is 14.1. The SMILES string of the molecule is CSc1ccc(C(=O)N2CCCc3c(N)cccc32)o1.Cl. The maximum absolute atomic E-state index is 12.6. The molecule has 1 aliphatic rings. The number of carbonyl (C=O) groups excluding carboxylic acids is 1. The predicted octanol–water partition coefficient (Wildman–Crippen LogP) is 3.60. The number of benzene rings is 1. The first-order chi connectivity index (χ1) is 9.70. The number of hydrogen-bond acceptors (Lipinski definition) is 4. The zero-order valence-corrected chi connectivity index (χ0v) is 13.3. The van der Waals surface area contributed by atoms with Gasteiger partial charge in [-0.05, 0) is 48.9 Å². The van der Waals surface area contributed by atoms with Crippen LogP contribution in [0.25, 0.3) is 0 Å². The average Bonchev–Trinajstić information content (AvgIpc) is 2.95. The second-order valence-corrected chi connectivity index (χ2v) is 5.54. The lowest BCUT2D eigenvalue weighted by Gasteiger charge is -2.29. The molecule has 2 N–H and O–H groups in total. The van der Waals surface area contributed by atoms with E-state index in [4.69, 9.17) is 10.2 Å². The third-order valence-corrected chi connectivity index (χ3v) is 4.15. The van der Waals surface area contributed by atoms with Gasteiger partial charge in [-0.2, -0.15) is 0 Å². The molecule has 1 aromatic carbocycles. The molecule has 4 nitrogen and oxygen atoms in total. The average molecular weight is 325 g/mol. The van der Waals surface area contributed by atoms with Gasteiger partial charge in [0.15, 0.2) is 10.9 Å². The number of halogens is 1. The highest BCUT2D eigenvalue weighted by Crippen LogP contribution is 2.32. The Morgan fingerprint density at radius 2 is 2.14 bits per heavy atom. The molecule has 1 aromatic heterocycles. The minimum Gasteiger partial charge on any atom is -0.445 e. The number of amides is 1. The summed E-state index contributed by atoms with van der Waals surface area (Å²) in [7, 11) is 0. The smallest absolute Gasteiger partial charge is 0.294 e. The van der Waals surface area contributed by atoms with Gasteiger partial charge < -0.3 is 15.1 Å². The second-order valence-electron chi connectivity index (χ2n) is 4.73. The van der Waals surface area contributed by atoms with Crippen LogP contribution in [0.3, 0.4) is 0 Å². The van der Waals surface area contributed by atoms with Crippen LogP contribution in [0.2, 0.25) is 0 Å². The number of nitrogens with two attached hydrogens (primary N) is 1. The van der Waals surface area contributed by atoms with E-state index < -0.39 is 0 Å². The summed E-state index contributed by atoms with van der Waals surface area (Å²) in [6.45, 7) is 0.699. The van der Waals surface area contributed by atoms with Crippen LogP contribution >= 0.6 is 24.2 Å². The fourth-order valence-corrected chi connectivity index (χ4v) is 2.92. The number of fused-ring (bicyclic) bond motifs is 1. The van der Waals surface area contributed by atoms with Crippen LogP contribution in [-0.2, 0) is 6.42 Å². The van der Waals surface area contributed by atoms with Crippen molar-refractivity contribution in [1.29, 1.82) is 0 Å². The summed E-state index contributed by atoms with van der Waals surface area (Å²) < 4.78 is 5.53. The Labute approximate surface area is 134 Å². The first-order valence-corrected chi connectivity index (χ1v) is 7.76. The van der Waals surface area contributed by atoms with Gasteiger partial charge in [-0.3, -0.25) is 4.79 Å². The molecule has 0 spiro atoms. The van der Waals surface area contributed by atoms with Gasteiger partial charge in [-0.25, -0.2) is 0 Å². The van der Waals surface area contributed by atoms with E-state index in [0.717, 1.165) is 34.9 Å². The summed E-state index contributed by atoms with van der Waals surface area (Å²) in [4.78, 5) is 14.3. The van der Waals surface area contributed by atoms with Crippen molar-refractivity contribution in [3.05, 3.63) is 41.7 Å². The third-order valence-electron chi connectivity index (χ3n) is 3.53. The normalized spacial score (nSPS) is 13.5. The number of nitrogens with zero attached hydrogens (tertiary/aromatic N) is 1. The minimum absolute atomic E-state index is 0. The number of rotatable bonds is 2. The van der Waals surface area contributed by atoms with Gasteiger partial charge in [0.25, 0.3) is 5.91 Å². The standard InChI is InChI=1S/C15H16N2O2S.ClH/c1-20-14-8-7-13(19-14)15(18)17-9-3-4-10-11(16)5-2-6-12(10)17;/h2,5-8H,3-4,9,16H2,1H3;1H. The van der Waals surface area contributed by atoms with E-state index in [1.54, 1.807) is 11.0 Å². The van der Waals surface area contributed by atoms with Crippen LogP contribution < -0.4 is 10.6 Å². The van der Waals surface area contributed by atoms with Crippen LogP contribution in [0.4, 0.5) is 11.4 Å². The number of hydrogen-bond donors (Lipinski definition) is 1. The Balaban J connectivity index is 0.00000161. The second kappa shape index (κ2) is 6.45. The molecule has 0 radical (unpaired) electrons. The molecule has 1 aliphatic heterocycles. The van der Waals surface area contributed by atoms with Gasteiger partial charge in [-0.15, -0.1) is 12.4 Å². The first-order valence-electron chi connectivity index (χ1n) is 6.54. The van der Waals surface area contributed by atoms with E-state index >= 15 is 0 Å². The molecule has 0 saturated carbocycles. The molecule has 0 fully saturated rings. The summed E-state index contributed by atoms with van der Waals surface area (Å²) in [5, 5.41) is 0.748. The molecule has 2 aromatic rings. The van der Waals surface area contributed by atoms with Crippen molar-refractivity contribution in [1.82, 2.24) is 0 Å². The highest BCUT2D eigenvalue weighted by atomic mass is 35.5. The minimum atomic E-state index is -0.100. The molecule has 3 rings (SSSR count). The fourth-order valence-electron chi connectivity index (χ4n) is 2.54. The largest absolute Gasteiger partial charge is 0.445 e. The molecule has 0 bridgehead atoms. The Bertz CT molecular complexity index is 657. The number of thioether (sulfide) groups is 1. The van der Waals surface area contributed by atoms with Crippen LogP contribution in [0, 0.1) is 0 Å². The van der Waals surface area contributed by atoms with E-state index in [-0.39, 0.29) is 18.3 Å². The Kier molecular flexibility index (Phi) is 4.85. The van der Waals surface area contributed by atoms with E-state index in [0.29, 0.717) is 12.3 Å². The van der Waals surface area contributed by atoms with Gasteiger partial charge in [-0.1, -0.05) is 17.8 Å². The van der Waals surface area contributed by atoms with Crippen molar-refractivity contribution in [2.24, 2.45) is 0 Å².